The Morgan fingerprint density at radius 2 is 2.11 bits per heavy atom. The van der Waals surface area contributed by atoms with Crippen LogP contribution >= 0.6 is 11.6 Å². The number of rotatable bonds is 4. The van der Waals surface area contributed by atoms with Crippen molar-refractivity contribution in [1.82, 2.24) is 0 Å². The Morgan fingerprint density at radius 1 is 1.37 bits per heavy atom. The average molecular weight is 279 g/mol. The van der Waals surface area contributed by atoms with Crippen LogP contribution in [0.1, 0.15) is 12.5 Å². The maximum absolute atomic E-state index is 10.9. The van der Waals surface area contributed by atoms with Crippen LogP contribution in [-0.2, 0) is 11.2 Å². The first kappa shape index (κ1) is 13.7. The Kier molecular flexibility index (Phi) is 3.96. The SMILES string of the molecule is COc1ccc2cc(C[C@@H](C)C(=O)O)ccc2c1Cl. The summed E-state index contributed by atoms with van der Waals surface area (Å²) in [6.07, 6.45) is 0.509. The molecule has 0 aromatic heterocycles. The van der Waals surface area contributed by atoms with Crippen molar-refractivity contribution in [2.24, 2.45) is 5.92 Å². The minimum atomic E-state index is -0.784. The third kappa shape index (κ3) is 2.82. The van der Waals surface area contributed by atoms with Crippen molar-refractivity contribution in [2.45, 2.75) is 13.3 Å². The van der Waals surface area contributed by atoms with Gasteiger partial charge < -0.3 is 9.84 Å². The van der Waals surface area contributed by atoms with Gasteiger partial charge in [-0.3, -0.25) is 4.79 Å². The van der Waals surface area contributed by atoms with Crippen molar-refractivity contribution in [3.63, 3.8) is 0 Å². The molecule has 0 saturated carbocycles. The molecule has 0 aliphatic rings. The first-order chi connectivity index (χ1) is 9.02. The molecule has 0 aliphatic heterocycles. The van der Waals surface area contributed by atoms with Crippen LogP contribution in [0.4, 0.5) is 0 Å². The van der Waals surface area contributed by atoms with Crippen LogP contribution in [0.3, 0.4) is 0 Å². The lowest BCUT2D eigenvalue weighted by atomic mass is 9.98. The molecule has 1 atom stereocenters. The van der Waals surface area contributed by atoms with Gasteiger partial charge >= 0.3 is 5.97 Å². The molecule has 2 rings (SSSR count). The molecule has 0 radical (unpaired) electrons. The maximum atomic E-state index is 10.9. The van der Waals surface area contributed by atoms with Crippen molar-refractivity contribution in [1.29, 1.82) is 0 Å². The number of carbonyl (C=O) groups is 1. The first-order valence-electron chi connectivity index (χ1n) is 6.01. The molecule has 0 bridgehead atoms. The third-order valence-corrected chi connectivity index (χ3v) is 3.56. The standard InChI is InChI=1S/C15H15ClO3/c1-9(15(17)18)7-10-3-5-12-11(8-10)4-6-13(19-2)14(12)16/h3-6,8-9H,7H2,1-2H3,(H,17,18)/t9-/m1/s1. The van der Waals surface area contributed by atoms with E-state index in [-0.39, 0.29) is 0 Å². The number of carboxylic acid groups (broad SMARTS) is 1. The van der Waals surface area contributed by atoms with Crippen LogP contribution in [0.25, 0.3) is 10.8 Å². The quantitative estimate of drug-likeness (QED) is 0.926. The number of aliphatic carboxylic acids is 1. The summed E-state index contributed by atoms with van der Waals surface area (Å²) in [6.45, 7) is 1.70. The van der Waals surface area contributed by atoms with E-state index >= 15 is 0 Å². The second-order valence-corrected chi connectivity index (χ2v) is 4.96. The predicted octanol–water partition coefficient (Wildman–Crippen LogP) is 3.77. The van der Waals surface area contributed by atoms with Gasteiger partial charge in [-0.2, -0.15) is 0 Å². The summed E-state index contributed by atoms with van der Waals surface area (Å²) in [7, 11) is 1.58. The molecule has 4 heteroatoms. The monoisotopic (exact) mass is 278 g/mol. The van der Waals surface area contributed by atoms with E-state index < -0.39 is 11.9 Å². The number of ether oxygens (including phenoxy) is 1. The molecule has 0 unspecified atom stereocenters. The molecule has 0 amide bonds. The Hall–Kier alpha value is -1.74. The Balaban J connectivity index is 2.39. The molecular formula is C15H15ClO3. The molecule has 19 heavy (non-hydrogen) atoms. The van der Waals surface area contributed by atoms with Gasteiger partial charge in [0.25, 0.3) is 0 Å². The van der Waals surface area contributed by atoms with Gasteiger partial charge in [0.05, 0.1) is 18.1 Å². The molecule has 100 valence electrons. The Bertz CT molecular complexity index is 622. The summed E-state index contributed by atoms with van der Waals surface area (Å²) >= 11 is 6.23. The topological polar surface area (TPSA) is 46.5 Å². The summed E-state index contributed by atoms with van der Waals surface area (Å²) in [5.74, 6) is -0.542. The zero-order chi connectivity index (χ0) is 14.0. The van der Waals surface area contributed by atoms with Gasteiger partial charge in [-0.15, -0.1) is 0 Å². The maximum Gasteiger partial charge on any atom is 0.306 e. The lowest BCUT2D eigenvalue weighted by molar-refractivity contribution is -0.141. The molecule has 0 fully saturated rings. The molecule has 0 spiro atoms. The normalized spacial score (nSPS) is 12.4. The number of benzene rings is 2. The van der Waals surface area contributed by atoms with Gasteiger partial charge in [-0.25, -0.2) is 0 Å². The van der Waals surface area contributed by atoms with Crippen LogP contribution in [-0.4, -0.2) is 18.2 Å². The molecule has 1 N–H and O–H groups in total. The molecule has 2 aromatic rings. The number of carboxylic acids is 1. The summed E-state index contributed by atoms with van der Waals surface area (Å²) in [5, 5.41) is 11.4. The lowest BCUT2D eigenvalue weighted by Gasteiger charge is -2.10. The number of fused-ring (bicyclic) bond motifs is 1. The summed E-state index contributed by atoms with van der Waals surface area (Å²) in [4.78, 5) is 10.9. The van der Waals surface area contributed by atoms with E-state index in [2.05, 4.69) is 0 Å². The highest BCUT2D eigenvalue weighted by Gasteiger charge is 2.12. The number of methoxy groups -OCH3 is 1. The van der Waals surface area contributed by atoms with E-state index in [0.717, 1.165) is 16.3 Å². The van der Waals surface area contributed by atoms with Gasteiger partial charge in [0, 0.05) is 5.39 Å². The number of hydrogen-bond donors (Lipinski definition) is 1. The number of halogens is 1. The minimum absolute atomic E-state index is 0.397. The summed E-state index contributed by atoms with van der Waals surface area (Å²) in [6, 6.07) is 9.53. The Morgan fingerprint density at radius 3 is 2.74 bits per heavy atom. The third-order valence-electron chi connectivity index (χ3n) is 3.17. The largest absolute Gasteiger partial charge is 0.495 e. The van der Waals surface area contributed by atoms with E-state index in [9.17, 15) is 4.79 Å². The molecule has 0 heterocycles. The summed E-state index contributed by atoms with van der Waals surface area (Å²) < 4.78 is 5.17. The van der Waals surface area contributed by atoms with Crippen molar-refractivity contribution in [2.75, 3.05) is 7.11 Å². The molecular weight excluding hydrogens is 264 g/mol. The fourth-order valence-corrected chi connectivity index (χ4v) is 2.36. The molecule has 3 nitrogen and oxygen atoms in total. The smallest absolute Gasteiger partial charge is 0.306 e. The lowest BCUT2D eigenvalue weighted by Crippen LogP contribution is -2.12. The van der Waals surface area contributed by atoms with Gasteiger partial charge in [-0.1, -0.05) is 42.8 Å². The van der Waals surface area contributed by atoms with E-state index in [0.29, 0.717) is 17.2 Å². The van der Waals surface area contributed by atoms with E-state index in [1.54, 1.807) is 14.0 Å². The average Bonchev–Trinajstić information content (AvgIpc) is 2.39. The fraction of sp³-hybridized carbons (Fsp3) is 0.267. The van der Waals surface area contributed by atoms with Gasteiger partial charge in [0.1, 0.15) is 5.75 Å². The van der Waals surface area contributed by atoms with Gasteiger partial charge in [0.2, 0.25) is 0 Å². The highest BCUT2D eigenvalue weighted by atomic mass is 35.5. The Labute approximate surface area is 116 Å². The number of hydrogen-bond acceptors (Lipinski definition) is 2. The van der Waals surface area contributed by atoms with Crippen molar-refractivity contribution < 1.29 is 14.6 Å². The first-order valence-corrected chi connectivity index (χ1v) is 6.38. The van der Waals surface area contributed by atoms with Gasteiger partial charge in [0.15, 0.2) is 0 Å². The van der Waals surface area contributed by atoms with Crippen molar-refractivity contribution in [3.05, 3.63) is 40.9 Å². The van der Waals surface area contributed by atoms with E-state index in [1.807, 2.05) is 30.3 Å². The molecule has 0 saturated heterocycles. The summed E-state index contributed by atoms with van der Waals surface area (Å²) in [5.41, 5.74) is 0.989. The van der Waals surface area contributed by atoms with Crippen molar-refractivity contribution >= 4 is 28.3 Å². The van der Waals surface area contributed by atoms with Crippen LogP contribution in [0.2, 0.25) is 5.02 Å². The van der Waals surface area contributed by atoms with Crippen LogP contribution < -0.4 is 4.74 Å². The highest BCUT2D eigenvalue weighted by Crippen LogP contribution is 2.33. The second kappa shape index (κ2) is 5.49. The van der Waals surface area contributed by atoms with Crippen LogP contribution in [0, 0.1) is 5.92 Å². The molecule has 0 aliphatic carbocycles. The van der Waals surface area contributed by atoms with E-state index in [1.165, 1.54) is 0 Å². The second-order valence-electron chi connectivity index (χ2n) is 4.58. The van der Waals surface area contributed by atoms with Crippen LogP contribution in [0.15, 0.2) is 30.3 Å². The zero-order valence-corrected chi connectivity index (χ0v) is 11.6. The van der Waals surface area contributed by atoms with Crippen LogP contribution in [0.5, 0.6) is 5.75 Å². The van der Waals surface area contributed by atoms with E-state index in [4.69, 9.17) is 21.4 Å². The zero-order valence-electron chi connectivity index (χ0n) is 10.8. The fourth-order valence-electron chi connectivity index (χ4n) is 2.05. The minimum Gasteiger partial charge on any atom is -0.495 e. The van der Waals surface area contributed by atoms with Crippen molar-refractivity contribution in [3.8, 4) is 5.75 Å². The molecule has 2 aromatic carbocycles. The van der Waals surface area contributed by atoms with Gasteiger partial charge in [-0.05, 0) is 23.4 Å². The highest BCUT2D eigenvalue weighted by molar-refractivity contribution is 6.37. The predicted molar refractivity (Wildman–Crippen MR) is 76.0 cm³/mol.